The molecule has 0 aliphatic heterocycles. The first-order chi connectivity index (χ1) is 14.0. The zero-order chi connectivity index (χ0) is 21.0. The van der Waals surface area contributed by atoms with Crippen LogP contribution in [0.2, 0.25) is 0 Å². The van der Waals surface area contributed by atoms with Crippen LogP contribution in [0.1, 0.15) is 38.2 Å². The molecule has 3 aromatic carbocycles. The lowest BCUT2D eigenvalue weighted by atomic mass is 9.91. The number of aryl methyl sites for hydroxylation is 3. The second-order valence-electron chi connectivity index (χ2n) is 7.00. The van der Waals surface area contributed by atoms with E-state index in [9.17, 15) is 4.79 Å². The summed E-state index contributed by atoms with van der Waals surface area (Å²) in [4.78, 5) is 13.6. The van der Waals surface area contributed by atoms with Crippen LogP contribution in [-0.2, 0) is 6.61 Å². The topological polar surface area (TPSA) is 44.8 Å². The highest BCUT2D eigenvalue weighted by Crippen LogP contribution is 2.43. The number of methoxy groups -OCH3 is 2. The molecule has 3 aromatic rings. The van der Waals surface area contributed by atoms with Gasteiger partial charge in [-0.1, -0.05) is 48.5 Å². The number of hydrogen-bond acceptors (Lipinski definition) is 4. The first-order valence-corrected chi connectivity index (χ1v) is 9.51. The SMILES string of the molecule is COc1cc(C)c(C(=O)c2c(C)cccc2C)c(OCc2ccccc2)c1OC. The molecule has 0 bridgehead atoms. The fourth-order valence-electron chi connectivity index (χ4n) is 3.53. The molecule has 150 valence electrons. The number of ketones is 1. The third-order valence-corrected chi connectivity index (χ3v) is 4.98. The molecule has 0 aliphatic carbocycles. The van der Waals surface area contributed by atoms with E-state index in [1.807, 2.05) is 75.4 Å². The summed E-state index contributed by atoms with van der Waals surface area (Å²) >= 11 is 0. The highest BCUT2D eigenvalue weighted by molar-refractivity contribution is 6.14. The van der Waals surface area contributed by atoms with E-state index in [2.05, 4.69) is 0 Å². The number of carbonyl (C=O) groups is 1. The van der Waals surface area contributed by atoms with Crippen molar-refractivity contribution in [3.63, 3.8) is 0 Å². The van der Waals surface area contributed by atoms with Gasteiger partial charge in [0.2, 0.25) is 5.75 Å². The molecule has 0 atom stereocenters. The average Bonchev–Trinajstić information content (AvgIpc) is 2.72. The van der Waals surface area contributed by atoms with Crippen molar-refractivity contribution in [3.8, 4) is 17.2 Å². The first kappa shape index (κ1) is 20.5. The zero-order valence-corrected chi connectivity index (χ0v) is 17.5. The van der Waals surface area contributed by atoms with Gasteiger partial charge in [-0.15, -0.1) is 0 Å². The van der Waals surface area contributed by atoms with Gasteiger partial charge in [0.15, 0.2) is 17.3 Å². The summed E-state index contributed by atoms with van der Waals surface area (Å²) in [7, 11) is 3.13. The molecule has 0 N–H and O–H groups in total. The van der Waals surface area contributed by atoms with Crippen molar-refractivity contribution in [1.29, 1.82) is 0 Å². The molecule has 4 nitrogen and oxygen atoms in total. The smallest absolute Gasteiger partial charge is 0.204 e. The minimum absolute atomic E-state index is 0.0814. The maximum atomic E-state index is 13.6. The van der Waals surface area contributed by atoms with Gasteiger partial charge in [-0.3, -0.25) is 4.79 Å². The number of hydrogen-bond donors (Lipinski definition) is 0. The van der Waals surface area contributed by atoms with E-state index >= 15 is 0 Å². The van der Waals surface area contributed by atoms with Gasteiger partial charge in [-0.2, -0.15) is 0 Å². The summed E-state index contributed by atoms with van der Waals surface area (Å²) in [5, 5.41) is 0. The lowest BCUT2D eigenvalue weighted by molar-refractivity contribution is 0.103. The standard InChI is InChI=1S/C25H26O4/c1-16-10-9-11-17(2)21(16)23(26)22-18(3)14-20(27-4)24(28-5)25(22)29-15-19-12-7-6-8-13-19/h6-14H,15H2,1-5H3. The van der Waals surface area contributed by atoms with Crippen molar-refractivity contribution in [1.82, 2.24) is 0 Å². The van der Waals surface area contributed by atoms with Crippen LogP contribution in [0.3, 0.4) is 0 Å². The van der Waals surface area contributed by atoms with Crippen molar-refractivity contribution >= 4 is 5.78 Å². The van der Waals surface area contributed by atoms with Crippen LogP contribution in [-0.4, -0.2) is 20.0 Å². The van der Waals surface area contributed by atoms with Gasteiger partial charge < -0.3 is 14.2 Å². The van der Waals surface area contributed by atoms with Gasteiger partial charge in [0.05, 0.1) is 19.8 Å². The Balaban J connectivity index is 2.15. The highest BCUT2D eigenvalue weighted by atomic mass is 16.5. The van der Waals surface area contributed by atoms with Gasteiger partial charge in [0.25, 0.3) is 0 Å². The van der Waals surface area contributed by atoms with E-state index in [1.165, 1.54) is 0 Å². The molecule has 0 unspecified atom stereocenters. The van der Waals surface area contributed by atoms with Gasteiger partial charge >= 0.3 is 0 Å². The Morgan fingerprint density at radius 3 is 2.00 bits per heavy atom. The second kappa shape index (κ2) is 8.82. The quantitative estimate of drug-likeness (QED) is 0.504. The Labute approximate surface area is 172 Å². The van der Waals surface area contributed by atoms with Crippen LogP contribution in [0.15, 0.2) is 54.6 Å². The molecule has 0 saturated carbocycles. The maximum absolute atomic E-state index is 13.6. The van der Waals surface area contributed by atoms with Crippen LogP contribution in [0.5, 0.6) is 17.2 Å². The molecule has 0 radical (unpaired) electrons. The van der Waals surface area contributed by atoms with E-state index in [-0.39, 0.29) is 5.78 Å². The Morgan fingerprint density at radius 1 is 0.759 bits per heavy atom. The molecular weight excluding hydrogens is 364 g/mol. The molecule has 4 heteroatoms. The lowest BCUT2D eigenvalue weighted by Gasteiger charge is -2.20. The van der Waals surface area contributed by atoms with Crippen molar-refractivity contribution in [2.75, 3.05) is 14.2 Å². The Hall–Kier alpha value is -3.27. The van der Waals surface area contributed by atoms with Crippen LogP contribution in [0.25, 0.3) is 0 Å². The minimum atomic E-state index is -0.0814. The Kier molecular flexibility index (Phi) is 6.23. The van der Waals surface area contributed by atoms with Crippen molar-refractivity contribution in [2.24, 2.45) is 0 Å². The lowest BCUT2D eigenvalue weighted by Crippen LogP contribution is -2.12. The van der Waals surface area contributed by atoms with Crippen LogP contribution in [0.4, 0.5) is 0 Å². The molecule has 3 rings (SSSR count). The molecule has 0 spiro atoms. The largest absolute Gasteiger partial charge is 0.493 e. The van der Waals surface area contributed by atoms with E-state index in [1.54, 1.807) is 14.2 Å². The third kappa shape index (κ3) is 4.11. The fraction of sp³-hybridized carbons (Fsp3) is 0.240. The Morgan fingerprint density at radius 2 is 1.41 bits per heavy atom. The predicted octanol–water partition coefficient (Wildman–Crippen LogP) is 5.44. The normalized spacial score (nSPS) is 10.5. The summed E-state index contributed by atoms with van der Waals surface area (Å²) in [5.74, 6) is 1.28. The monoisotopic (exact) mass is 390 g/mol. The first-order valence-electron chi connectivity index (χ1n) is 9.51. The highest BCUT2D eigenvalue weighted by Gasteiger charge is 2.26. The van der Waals surface area contributed by atoms with E-state index in [0.717, 1.165) is 22.3 Å². The molecule has 29 heavy (non-hydrogen) atoms. The number of rotatable bonds is 7. The third-order valence-electron chi connectivity index (χ3n) is 4.98. The number of ether oxygens (including phenoxy) is 3. The Bertz CT molecular complexity index is 1000. The molecule has 0 heterocycles. The summed E-state index contributed by atoms with van der Waals surface area (Å²) < 4.78 is 17.2. The van der Waals surface area contributed by atoms with Gasteiger partial charge in [-0.05, 0) is 49.1 Å². The molecule has 0 fully saturated rings. The van der Waals surface area contributed by atoms with Crippen LogP contribution in [0, 0.1) is 20.8 Å². The summed E-state index contributed by atoms with van der Waals surface area (Å²) in [5.41, 5.74) is 4.82. The van der Waals surface area contributed by atoms with Crippen LogP contribution < -0.4 is 14.2 Å². The molecule has 0 amide bonds. The van der Waals surface area contributed by atoms with Gasteiger partial charge in [-0.25, -0.2) is 0 Å². The van der Waals surface area contributed by atoms with Crippen molar-refractivity contribution < 1.29 is 19.0 Å². The predicted molar refractivity (Wildman–Crippen MR) is 114 cm³/mol. The minimum Gasteiger partial charge on any atom is -0.493 e. The number of carbonyl (C=O) groups excluding carboxylic acids is 1. The summed E-state index contributed by atoms with van der Waals surface area (Å²) in [6.45, 7) is 6.09. The van der Waals surface area contributed by atoms with E-state index in [0.29, 0.717) is 35.0 Å². The number of benzene rings is 3. The van der Waals surface area contributed by atoms with Gasteiger partial charge in [0, 0.05) is 5.56 Å². The molecule has 0 aromatic heterocycles. The molecule has 0 aliphatic rings. The second-order valence-corrected chi connectivity index (χ2v) is 7.00. The molecular formula is C25H26O4. The van der Waals surface area contributed by atoms with E-state index < -0.39 is 0 Å². The average molecular weight is 390 g/mol. The van der Waals surface area contributed by atoms with Crippen molar-refractivity contribution in [2.45, 2.75) is 27.4 Å². The fourth-order valence-corrected chi connectivity index (χ4v) is 3.53. The van der Waals surface area contributed by atoms with Crippen molar-refractivity contribution in [3.05, 3.63) is 88.0 Å². The van der Waals surface area contributed by atoms with E-state index in [4.69, 9.17) is 14.2 Å². The summed E-state index contributed by atoms with van der Waals surface area (Å²) in [6.07, 6.45) is 0. The molecule has 0 saturated heterocycles. The zero-order valence-electron chi connectivity index (χ0n) is 17.5. The summed E-state index contributed by atoms with van der Waals surface area (Å²) in [6, 6.07) is 17.5. The van der Waals surface area contributed by atoms with Gasteiger partial charge in [0.1, 0.15) is 6.61 Å². The van der Waals surface area contributed by atoms with Crippen LogP contribution >= 0.6 is 0 Å². The maximum Gasteiger partial charge on any atom is 0.204 e.